The van der Waals surface area contributed by atoms with Crippen LogP contribution in [0.1, 0.15) is 43.0 Å². The van der Waals surface area contributed by atoms with E-state index in [1.54, 1.807) is 0 Å². The second kappa shape index (κ2) is 5.20. The molecule has 1 aromatic heterocycles. The summed E-state index contributed by atoms with van der Waals surface area (Å²) in [4.78, 5) is 6.34. The Morgan fingerprint density at radius 3 is 3.10 bits per heavy atom. The molecule has 0 aliphatic carbocycles. The average Bonchev–Trinajstić information content (AvgIpc) is 2.91. The third kappa shape index (κ3) is 2.06. The van der Waals surface area contributed by atoms with Gasteiger partial charge in [-0.15, -0.1) is 0 Å². The van der Waals surface area contributed by atoms with Gasteiger partial charge in [-0.25, -0.2) is 0 Å². The minimum Gasteiger partial charge on any atom is -0.357 e. The van der Waals surface area contributed by atoms with E-state index in [0.29, 0.717) is 18.4 Å². The standard InChI is InChI=1S/C18H21N3/c19-10-3-5-13-6-4-11-21-12-9-15-14-7-1-2-8-16(14)20-17(15)18(13)21/h1-2,7-8,13,18,20H,3-6,9,11-12H2/t13-,18-/m0/s1. The van der Waals surface area contributed by atoms with Crippen LogP contribution >= 0.6 is 0 Å². The number of aromatic nitrogens is 1. The molecule has 1 aromatic carbocycles. The summed E-state index contributed by atoms with van der Waals surface area (Å²) < 4.78 is 0. The van der Waals surface area contributed by atoms with Crippen molar-refractivity contribution in [3.8, 4) is 6.07 Å². The van der Waals surface area contributed by atoms with E-state index in [2.05, 4.69) is 40.2 Å². The molecule has 2 aromatic rings. The molecule has 3 heterocycles. The van der Waals surface area contributed by atoms with E-state index < -0.39 is 0 Å². The zero-order chi connectivity index (χ0) is 14.2. The Bertz CT molecular complexity index is 694. The number of aromatic amines is 1. The van der Waals surface area contributed by atoms with Gasteiger partial charge in [0.15, 0.2) is 0 Å². The lowest BCUT2D eigenvalue weighted by Gasteiger charge is -2.44. The van der Waals surface area contributed by atoms with Crippen LogP contribution in [0, 0.1) is 17.2 Å². The van der Waals surface area contributed by atoms with Crippen molar-refractivity contribution in [3.63, 3.8) is 0 Å². The first-order valence-electron chi connectivity index (χ1n) is 8.09. The number of nitriles is 1. The largest absolute Gasteiger partial charge is 0.357 e. The number of hydrogen-bond donors (Lipinski definition) is 1. The third-order valence-electron chi connectivity index (χ3n) is 5.28. The van der Waals surface area contributed by atoms with Crippen molar-refractivity contribution in [2.24, 2.45) is 5.92 Å². The van der Waals surface area contributed by atoms with Crippen LogP contribution in [0.15, 0.2) is 24.3 Å². The fourth-order valence-corrected chi connectivity index (χ4v) is 4.37. The summed E-state index contributed by atoms with van der Waals surface area (Å²) >= 11 is 0. The van der Waals surface area contributed by atoms with Crippen molar-refractivity contribution in [2.45, 2.75) is 38.1 Å². The second-order valence-electron chi connectivity index (χ2n) is 6.39. The molecule has 2 aliphatic rings. The lowest BCUT2D eigenvalue weighted by molar-refractivity contribution is 0.0770. The third-order valence-corrected chi connectivity index (χ3v) is 5.28. The number of fused-ring (bicyclic) bond motifs is 5. The topological polar surface area (TPSA) is 42.8 Å². The molecule has 0 amide bonds. The molecule has 0 saturated carbocycles. The van der Waals surface area contributed by atoms with Crippen LogP contribution < -0.4 is 0 Å². The summed E-state index contributed by atoms with van der Waals surface area (Å²) in [7, 11) is 0. The molecule has 1 N–H and O–H groups in total. The number of benzene rings is 1. The van der Waals surface area contributed by atoms with E-state index in [1.807, 2.05) is 0 Å². The molecule has 2 atom stereocenters. The first-order valence-corrected chi connectivity index (χ1v) is 8.09. The van der Waals surface area contributed by atoms with Crippen LogP contribution in [0.4, 0.5) is 0 Å². The van der Waals surface area contributed by atoms with E-state index in [-0.39, 0.29) is 0 Å². The van der Waals surface area contributed by atoms with Gasteiger partial charge < -0.3 is 4.98 Å². The summed E-state index contributed by atoms with van der Waals surface area (Å²) in [6.07, 6.45) is 5.41. The van der Waals surface area contributed by atoms with Crippen LogP contribution in [-0.2, 0) is 6.42 Å². The van der Waals surface area contributed by atoms with Crippen molar-refractivity contribution < 1.29 is 0 Å². The molecule has 1 fully saturated rings. The van der Waals surface area contributed by atoms with Crippen molar-refractivity contribution in [3.05, 3.63) is 35.5 Å². The molecule has 4 rings (SSSR count). The fourth-order valence-electron chi connectivity index (χ4n) is 4.37. The van der Waals surface area contributed by atoms with E-state index >= 15 is 0 Å². The van der Waals surface area contributed by atoms with Gasteiger partial charge >= 0.3 is 0 Å². The molecule has 3 heteroatoms. The molecular formula is C18H21N3. The maximum absolute atomic E-state index is 8.93. The molecule has 21 heavy (non-hydrogen) atoms. The molecule has 0 bridgehead atoms. The minimum atomic E-state index is 0.503. The smallest absolute Gasteiger partial charge is 0.0621 e. The summed E-state index contributed by atoms with van der Waals surface area (Å²) in [6.45, 7) is 2.38. The first kappa shape index (κ1) is 12.9. The number of nitrogens with zero attached hydrogens (tertiary/aromatic N) is 2. The predicted octanol–water partition coefficient (Wildman–Crippen LogP) is 3.78. The molecule has 0 radical (unpaired) electrons. The molecule has 2 aliphatic heterocycles. The number of H-pyrrole nitrogens is 1. The summed E-state index contributed by atoms with van der Waals surface area (Å²) in [6, 6.07) is 11.5. The van der Waals surface area contributed by atoms with Crippen molar-refractivity contribution in [1.29, 1.82) is 5.26 Å². The fraction of sp³-hybridized carbons (Fsp3) is 0.500. The molecule has 0 spiro atoms. The van der Waals surface area contributed by atoms with Gasteiger partial charge in [0.05, 0.1) is 12.1 Å². The quantitative estimate of drug-likeness (QED) is 0.909. The molecular weight excluding hydrogens is 258 g/mol. The number of hydrogen-bond acceptors (Lipinski definition) is 2. The Labute approximate surface area is 125 Å². The van der Waals surface area contributed by atoms with Crippen LogP contribution in [-0.4, -0.2) is 23.0 Å². The average molecular weight is 279 g/mol. The van der Waals surface area contributed by atoms with Crippen LogP contribution in [0.3, 0.4) is 0 Å². The highest BCUT2D eigenvalue weighted by atomic mass is 15.2. The SMILES string of the molecule is N#CCC[C@H]1CCCN2CCc3c([nH]c4ccccc34)[C@H]12. The number of para-hydroxylation sites is 1. The van der Waals surface area contributed by atoms with E-state index in [9.17, 15) is 0 Å². The van der Waals surface area contributed by atoms with Crippen LogP contribution in [0.25, 0.3) is 10.9 Å². The molecule has 0 unspecified atom stereocenters. The van der Waals surface area contributed by atoms with Crippen LogP contribution in [0.2, 0.25) is 0 Å². The zero-order valence-electron chi connectivity index (χ0n) is 12.3. The highest BCUT2D eigenvalue weighted by molar-refractivity contribution is 5.85. The lowest BCUT2D eigenvalue weighted by Crippen LogP contribution is -2.43. The van der Waals surface area contributed by atoms with Crippen molar-refractivity contribution >= 4 is 10.9 Å². The summed E-state index contributed by atoms with van der Waals surface area (Å²) in [5, 5.41) is 10.3. The summed E-state index contributed by atoms with van der Waals surface area (Å²) in [5.41, 5.74) is 4.23. The minimum absolute atomic E-state index is 0.503. The van der Waals surface area contributed by atoms with Gasteiger partial charge in [-0.2, -0.15) is 5.26 Å². The maximum atomic E-state index is 8.93. The maximum Gasteiger partial charge on any atom is 0.0621 e. The molecule has 1 saturated heterocycles. The zero-order valence-corrected chi connectivity index (χ0v) is 12.3. The Kier molecular flexibility index (Phi) is 3.20. The van der Waals surface area contributed by atoms with Gasteiger partial charge in [-0.3, -0.25) is 4.90 Å². The summed E-state index contributed by atoms with van der Waals surface area (Å²) in [5.74, 6) is 0.630. The van der Waals surface area contributed by atoms with Crippen LogP contribution in [0.5, 0.6) is 0 Å². The normalized spacial score (nSPS) is 25.3. The first-order chi connectivity index (χ1) is 10.4. The number of rotatable bonds is 2. The Morgan fingerprint density at radius 2 is 2.19 bits per heavy atom. The monoisotopic (exact) mass is 279 g/mol. The Hall–Kier alpha value is -1.79. The highest BCUT2D eigenvalue weighted by Gasteiger charge is 2.37. The Balaban J connectivity index is 1.78. The molecule has 108 valence electrons. The second-order valence-corrected chi connectivity index (χ2v) is 6.39. The van der Waals surface area contributed by atoms with Crippen molar-refractivity contribution in [1.82, 2.24) is 9.88 Å². The lowest BCUT2D eigenvalue weighted by atomic mass is 9.80. The number of nitrogens with one attached hydrogen (secondary N) is 1. The number of piperidine rings is 1. The van der Waals surface area contributed by atoms with Gasteiger partial charge in [-0.1, -0.05) is 18.2 Å². The van der Waals surface area contributed by atoms with E-state index in [4.69, 9.17) is 5.26 Å². The Morgan fingerprint density at radius 1 is 1.29 bits per heavy atom. The molecule has 3 nitrogen and oxygen atoms in total. The van der Waals surface area contributed by atoms with Gasteiger partial charge in [-0.05, 0) is 49.8 Å². The van der Waals surface area contributed by atoms with Gasteiger partial charge in [0.1, 0.15) is 0 Å². The van der Waals surface area contributed by atoms with Gasteiger partial charge in [0, 0.05) is 29.6 Å². The highest BCUT2D eigenvalue weighted by Crippen LogP contribution is 2.43. The van der Waals surface area contributed by atoms with Gasteiger partial charge in [0.25, 0.3) is 0 Å². The predicted molar refractivity (Wildman–Crippen MR) is 83.9 cm³/mol. The van der Waals surface area contributed by atoms with Crippen molar-refractivity contribution in [2.75, 3.05) is 13.1 Å². The van der Waals surface area contributed by atoms with E-state index in [0.717, 1.165) is 12.8 Å². The van der Waals surface area contributed by atoms with Gasteiger partial charge in [0.2, 0.25) is 0 Å². The van der Waals surface area contributed by atoms with E-state index in [1.165, 1.54) is 48.1 Å².